The minimum atomic E-state index is -0.323. The van der Waals surface area contributed by atoms with Crippen LogP contribution in [0.3, 0.4) is 0 Å². The summed E-state index contributed by atoms with van der Waals surface area (Å²) in [6.07, 6.45) is 5.96. The first-order valence-corrected chi connectivity index (χ1v) is 6.75. The summed E-state index contributed by atoms with van der Waals surface area (Å²) >= 11 is 0. The maximum atomic E-state index is 11.6. The maximum Gasteiger partial charge on any atom is 0.356 e. The van der Waals surface area contributed by atoms with Crippen LogP contribution in [0.2, 0.25) is 0 Å². The van der Waals surface area contributed by atoms with Gasteiger partial charge in [0.05, 0.1) is 5.56 Å². The SMILES string of the molecule is CCCCCCC(C)NOC(=O)c1ccccc1. The fourth-order valence-electron chi connectivity index (χ4n) is 1.72. The Hall–Kier alpha value is -1.35. The predicted octanol–water partition coefficient (Wildman–Crippen LogP) is 3.71. The summed E-state index contributed by atoms with van der Waals surface area (Å²) in [5.41, 5.74) is 3.38. The van der Waals surface area contributed by atoms with Crippen LogP contribution in [-0.2, 0) is 4.84 Å². The van der Waals surface area contributed by atoms with Crippen molar-refractivity contribution in [1.29, 1.82) is 0 Å². The molecule has 18 heavy (non-hydrogen) atoms. The lowest BCUT2D eigenvalue weighted by atomic mass is 10.1. The molecule has 0 radical (unpaired) electrons. The van der Waals surface area contributed by atoms with Crippen molar-refractivity contribution in [3.63, 3.8) is 0 Å². The molecule has 0 bridgehead atoms. The van der Waals surface area contributed by atoms with Crippen molar-refractivity contribution in [3.05, 3.63) is 35.9 Å². The summed E-state index contributed by atoms with van der Waals surface area (Å²) in [6, 6.07) is 9.22. The fourth-order valence-corrected chi connectivity index (χ4v) is 1.72. The summed E-state index contributed by atoms with van der Waals surface area (Å²) in [4.78, 5) is 16.7. The van der Waals surface area contributed by atoms with Gasteiger partial charge in [0.25, 0.3) is 0 Å². The zero-order chi connectivity index (χ0) is 13.2. The Morgan fingerprint density at radius 1 is 1.22 bits per heavy atom. The average Bonchev–Trinajstić information content (AvgIpc) is 2.42. The summed E-state index contributed by atoms with van der Waals surface area (Å²) in [5.74, 6) is -0.323. The first-order chi connectivity index (χ1) is 8.74. The van der Waals surface area contributed by atoms with Gasteiger partial charge < -0.3 is 4.84 Å². The van der Waals surface area contributed by atoms with Gasteiger partial charge in [-0.3, -0.25) is 0 Å². The summed E-state index contributed by atoms with van der Waals surface area (Å²) in [5, 5.41) is 0. The van der Waals surface area contributed by atoms with Crippen LogP contribution >= 0.6 is 0 Å². The van der Waals surface area contributed by atoms with Crippen molar-refractivity contribution in [1.82, 2.24) is 5.48 Å². The lowest BCUT2D eigenvalue weighted by Gasteiger charge is -2.13. The topological polar surface area (TPSA) is 38.3 Å². The molecule has 0 aliphatic carbocycles. The van der Waals surface area contributed by atoms with Gasteiger partial charge >= 0.3 is 5.97 Å². The van der Waals surface area contributed by atoms with Crippen molar-refractivity contribution in [2.45, 2.75) is 52.0 Å². The van der Waals surface area contributed by atoms with E-state index in [4.69, 9.17) is 4.84 Å². The van der Waals surface area contributed by atoms with Crippen LogP contribution in [0.25, 0.3) is 0 Å². The fraction of sp³-hybridized carbons (Fsp3) is 0.533. The summed E-state index contributed by atoms with van der Waals surface area (Å²) in [6.45, 7) is 4.23. The molecule has 1 unspecified atom stereocenters. The van der Waals surface area contributed by atoms with Crippen LogP contribution < -0.4 is 5.48 Å². The summed E-state index contributed by atoms with van der Waals surface area (Å²) in [7, 11) is 0. The van der Waals surface area contributed by atoms with Crippen molar-refractivity contribution in [2.75, 3.05) is 0 Å². The monoisotopic (exact) mass is 249 g/mol. The molecule has 0 spiro atoms. The predicted molar refractivity (Wildman–Crippen MR) is 73.2 cm³/mol. The third-order valence-corrected chi connectivity index (χ3v) is 2.85. The number of unbranched alkanes of at least 4 members (excludes halogenated alkanes) is 3. The van der Waals surface area contributed by atoms with Gasteiger partial charge in [0.2, 0.25) is 0 Å². The molecule has 0 aromatic heterocycles. The lowest BCUT2D eigenvalue weighted by Crippen LogP contribution is -2.29. The Kier molecular flexibility index (Phi) is 7.11. The molecule has 0 amide bonds. The van der Waals surface area contributed by atoms with Crippen LogP contribution in [0, 0.1) is 0 Å². The number of nitrogens with one attached hydrogen (secondary N) is 1. The number of carbonyl (C=O) groups excluding carboxylic acids is 1. The number of benzene rings is 1. The van der Waals surface area contributed by atoms with Crippen LogP contribution in [0.4, 0.5) is 0 Å². The Bertz CT molecular complexity index is 338. The third kappa shape index (κ3) is 5.82. The molecule has 100 valence electrons. The number of hydroxylamine groups is 1. The van der Waals surface area contributed by atoms with Crippen molar-refractivity contribution in [3.8, 4) is 0 Å². The second-order valence-corrected chi connectivity index (χ2v) is 4.62. The van der Waals surface area contributed by atoms with Crippen molar-refractivity contribution < 1.29 is 9.63 Å². The molecule has 1 aromatic carbocycles. The smallest absolute Gasteiger partial charge is 0.356 e. The lowest BCUT2D eigenvalue weighted by molar-refractivity contribution is 0.0161. The first kappa shape index (κ1) is 14.7. The molecular weight excluding hydrogens is 226 g/mol. The van der Waals surface area contributed by atoms with Crippen LogP contribution in [0.5, 0.6) is 0 Å². The van der Waals surface area contributed by atoms with E-state index in [0.717, 1.165) is 6.42 Å². The van der Waals surface area contributed by atoms with E-state index in [1.807, 2.05) is 25.1 Å². The molecule has 1 rings (SSSR count). The number of rotatable bonds is 8. The van der Waals surface area contributed by atoms with Gasteiger partial charge in [-0.25, -0.2) is 4.79 Å². The van der Waals surface area contributed by atoms with Gasteiger partial charge in [0, 0.05) is 6.04 Å². The van der Waals surface area contributed by atoms with Crippen LogP contribution in [-0.4, -0.2) is 12.0 Å². The Morgan fingerprint density at radius 3 is 2.61 bits per heavy atom. The van der Waals surface area contributed by atoms with Gasteiger partial charge in [-0.1, -0.05) is 50.8 Å². The normalized spacial score (nSPS) is 12.1. The standard InChI is InChI=1S/C15H23NO2/c1-3-4-5-7-10-13(2)16-18-15(17)14-11-8-6-9-12-14/h6,8-9,11-13,16H,3-5,7,10H2,1-2H3. The molecule has 0 saturated carbocycles. The van der Waals surface area contributed by atoms with E-state index in [-0.39, 0.29) is 12.0 Å². The van der Waals surface area contributed by atoms with E-state index in [1.165, 1.54) is 25.7 Å². The van der Waals surface area contributed by atoms with Gasteiger partial charge in [0.15, 0.2) is 0 Å². The highest BCUT2D eigenvalue weighted by Crippen LogP contribution is 2.06. The minimum Gasteiger partial charge on any atom is -0.366 e. The number of hydrogen-bond donors (Lipinski definition) is 1. The summed E-state index contributed by atoms with van der Waals surface area (Å²) < 4.78 is 0. The second-order valence-electron chi connectivity index (χ2n) is 4.62. The van der Waals surface area contributed by atoms with Crippen LogP contribution in [0.15, 0.2) is 30.3 Å². The van der Waals surface area contributed by atoms with Gasteiger partial charge in [-0.05, 0) is 25.5 Å². The molecule has 1 aromatic rings. The van der Waals surface area contributed by atoms with E-state index < -0.39 is 0 Å². The molecule has 0 fully saturated rings. The van der Waals surface area contributed by atoms with Crippen molar-refractivity contribution >= 4 is 5.97 Å². The van der Waals surface area contributed by atoms with Gasteiger partial charge in [0.1, 0.15) is 0 Å². The van der Waals surface area contributed by atoms with E-state index in [0.29, 0.717) is 5.56 Å². The molecule has 1 atom stereocenters. The molecule has 3 heteroatoms. The molecule has 0 aliphatic heterocycles. The van der Waals surface area contributed by atoms with Gasteiger partial charge in [-0.2, -0.15) is 0 Å². The largest absolute Gasteiger partial charge is 0.366 e. The zero-order valence-electron chi connectivity index (χ0n) is 11.3. The molecule has 3 nitrogen and oxygen atoms in total. The zero-order valence-corrected chi connectivity index (χ0v) is 11.3. The van der Waals surface area contributed by atoms with E-state index in [2.05, 4.69) is 12.4 Å². The second kappa shape index (κ2) is 8.70. The first-order valence-electron chi connectivity index (χ1n) is 6.75. The average molecular weight is 249 g/mol. The Morgan fingerprint density at radius 2 is 1.94 bits per heavy atom. The Labute approximate surface area is 109 Å². The molecule has 0 aliphatic rings. The molecule has 1 N–H and O–H groups in total. The molecule has 0 heterocycles. The van der Waals surface area contributed by atoms with Crippen LogP contribution in [0.1, 0.15) is 56.3 Å². The third-order valence-electron chi connectivity index (χ3n) is 2.85. The highest BCUT2D eigenvalue weighted by atomic mass is 16.7. The number of hydrogen-bond acceptors (Lipinski definition) is 3. The quantitative estimate of drug-likeness (QED) is 0.564. The van der Waals surface area contributed by atoms with Crippen molar-refractivity contribution in [2.24, 2.45) is 0 Å². The van der Waals surface area contributed by atoms with E-state index >= 15 is 0 Å². The van der Waals surface area contributed by atoms with Gasteiger partial charge in [-0.15, -0.1) is 5.48 Å². The number of carbonyl (C=O) groups is 1. The van der Waals surface area contributed by atoms with E-state index in [9.17, 15) is 4.79 Å². The highest BCUT2D eigenvalue weighted by Gasteiger charge is 2.08. The maximum absolute atomic E-state index is 11.6. The highest BCUT2D eigenvalue weighted by molar-refractivity contribution is 5.89. The molecule has 0 saturated heterocycles. The van der Waals surface area contributed by atoms with E-state index in [1.54, 1.807) is 12.1 Å². The minimum absolute atomic E-state index is 0.203. The Balaban J connectivity index is 2.18. The molecular formula is C15H23NO2.